The van der Waals surface area contributed by atoms with Crippen LogP contribution >= 0.6 is 0 Å². The van der Waals surface area contributed by atoms with Gasteiger partial charge in [0.15, 0.2) is 0 Å². The van der Waals surface area contributed by atoms with Crippen molar-refractivity contribution in [3.05, 3.63) is 70.0 Å². The predicted molar refractivity (Wildman–Crippen MR) is 160 cm³/mol. The molecule has 9 nitrogen and oxygen atoms in total. The number of benzene rings is 1. The van der Waals surface area contributed by atoms with E-state index in [1.54, 1.807) is 4.68 Å². The number of aliphatic carboxylic acids is 2. The normalized spacial score (nSPS) is 13.2. The molecule has 0 radical (unpaired) electrons. The Hall–Kier alpha value is -3.88. The number of carboxylic acid groups (broad SMARTS) is 2. The van der Waals surface area contributed by atoms with Gasteiger partial charge in [-0.2, -0.15) is 5.10 Å². The van der Waals surface area contributed by atoms with E-state index in [0.717, 1.165) is 49.1 Å². The fourth-order valence-corrected chi connectivity index (χ4v) is 4.89. The molecule has 0 aliphatic carbocycles. The molecular formula is C32H44N4O5. The number of carbonyl (C=O) groups is 2. The molecule has 9 heteroatoms. The minimum Gasteiger partial charge on any atom is -0.481 e. The lowest BCUT2D eigenvalue weighted by Gasteiger charge is -2.20. The monoisotopic (exact) mass is 564 g/mol. The van der Waals surface area contributed by atoms with Crippen LogP contribution in [0.3, 0.4) is 0 Å². The smallest absolute Gasteiger partial charge is 0.303 e. The van der Waals surface area contributed by atoms with E-state index < -0.39 is 11.9 Å². The van der Waals surface area contributed by atoms with Crippen molar-refractivity contribution in [2.24, 2.45) is 7.05 Å². The summed E-state index contributed by atoms with van der Waals surface area (Å²) >= 11 is 0. The van der Waals surface area contributed by atoms with Gasteiger partial charge in [-0.3, -0.25) is 9.59 Å². The number of aromatic nitrogens is 3. The zero-order valence-electron chi connectivity index (χ0n) is 25.1. The number of hydrogen-bond donors (Lipinski definition) is 3. The highest BCUT2D eigenvalue weighted by atomic mass is 16.5. The number of fused-ring (bicyclic) bond motifs is 1. The molecule has 0 spiro atoms. The lowest BCUT2D eigenvalue weighted by molar-refractivity contribution is -0.137. The van der Waals surface area contributed by atoms with Crippen LogP contribution in [0.2, 0.25) is 0 Å². The van der Waals surface area contributed by atoms with E-state index in [4.69, 9.17) is 19.6 Å². The van der Waals surface area contributed by atoms with Gasteiger partial charge in [0.05, 0.1) is 18.7 Å². The first-order valence-electron chi connectivity index (χ1n) is 14.4. The summed E-state index contributed by atoms with van der Waals surface area (Å²) in [4.78, 5) is 25.5. The molecule has 1 aliphatic heterocycles. The van der Waals surface area contributed by atoms with E-state index in [0.29, 0.717) is 37.2 Å². The molecule has 4 rings (SSSR count). The largest absolute Gasteiger partial charge is 0.481 e. The van der Waals surface area contributed by atoms with Crippen LogP contribution in [0.1, 0.15) is 98.9 Å². The fraction of sp³-hybridized carbons (Fsp3) is 0.500. The van der Waals surface area contributed by atoms with Crippen molar-refractivity contribution in [1.82, 2.24) is 14.8 Å². The van der Waals surface area contributed by atoms with E-state index in [-0.39, 0.29) is 12.3 Å². The van der Waals surface area contributed by atoms with Gasteiger partial charge < -0.3 is 20.3 Å². The van der Waals surface area contributed by atoms with Gasteiger partial charge in [0.25, 0.3) is 5.97 Å². The van der Waals surface area contributed by atoms with E-state index in [1.165, 1.54) is 16.7 Å². The number of anilines is 1. The number of rotatable bonds is 11. The van der Waals surface area contributed by atoms with Crippen molar-refractivity contribution in [2.45, 2.75) is 84.5 Å². The summed E-state index contributed by atoms with van der Waals surface area (Å²) in [5, 5.41) is 25.1. The molecule has 0 amide bonds. The summed E-state index contributed by atoms with van der Waals surface area (Å²) in [5.74, 6) is 0.627. The Bertz CT molecular complexity index is 1300. The molecule has 3 aromatic rings. The highest BCUT2D eigenvalue weighted by Gasteiger charge is 2.21. The molecule has 3 N–H and O–H groups in total. The summed E-state index contributed by atoms with van der Waals surface area (Å²) in [6.07, 6.45) is 3.53. The second-order valence-electron chi connectivity index (χ2n) is 11.3. The van der Waals surface area contributed by atoms with Crippen LogP contribution in [0, 0.1) is 0 Å². The maximum Gasteiger partial charge on any atom is 0.303 e. The van der Waals surface area contributed by atoms with E-state index in [1.807, 2.05) is 13.1 Å². The van der Waals surface area contributed by atoms with Crippen molar-refractivity contribution in [3.63, 3.8) is 0 Å². The van der Waals surface area contributed by atoms with Crippen molar-refractivity contribution >= 4 is 17.8 Å². The average Bonchev–Trinajstić information content (AvgIpc) is 3.25. The van der Waals surface area contributed by atoms with E-state index >= 15 is 0 Å². The number of hydrogen-bond acceptors (Lipinski definition) is 6. The molecule has 222 valence electrons. The minimum absolute atomic E-state index is 0.0594. The zero-order valence-corrected chi connectivity index (χ0v) is 25.1. The third kappa shape index (κ3) is 9.62. The summed E-state index contributed by atoms with van der Waals surface area (Å²) in [6, 6.07) is 12.8. The first-order valence-corrected chi connectivity index (χ1v) is 14.4. The van der Waals surface area contributed by atoms with Gasteiger partial charge in [0.1, 0.15) is 5.82 Å². The molecule has 1 atom stereocenters. The Balaban J connectivity index is 0.00000108. The first-order chi connectivity index (χ1) is 19.4. The topological polar surface area (TPSA) is 127 Å². The third-order valence-corrected chi connectivity index (χ3v) is 7.13. The molecule has 2 aromatic heterocycles. The molecule has 0 bridgehead atoms. The van der Waals surface area contributed by atoms with Crippen LogP contribution in [0.25, 0.3) is 0 Å². The van der Waals surface area contributed by atoms with Crippen molar-refractivity contribution in [2.75, 3.05) is 18.5 Å². The molecule has 3 heterocycles. The average molecular weight is 565 g/mol. The molecule has 0 saturated carbocycles. The van der Waals surface area contributed by atoms with Gasteiger partial charge in [0, 0.05) is 38.7 Å². The lowest BCUT2D eigenvalue weighted by Crippen LogP contribution is -2.14. The summed E-state index contributed by atoms with van der Waals surface area (Å²) in [7, 11) is 1.86. The molecule has 1 aliphatic rings. The van der Waals surface area contributed by atoms with Crippen molar-refractivity contribution < 1.29 is 24.5 Å². The SMILES string of the molecule is CC(=O)O.CC(C)c1cc(C(C)C)cc(C(CC(=O)O)Cc2cc(OCCc3ccc4c(n3)NCCC4)n(C)n2)c1. The van der Waals surface area contributed by atoms with Crippen LogP contribution in [0.4, 0.5) is 5.82 Å². The maximum atomic E-state index is 11.8. The van der Waals surface area contributed by atoms with Gasteiger partial charge in [-0.05, 0) is 65.3 Å². The quantitative estimate of drug-likeness (QED) is 0.261. The zero-order chi connectivity index (χ0) is 30.1. The number of aryl methyl sites for hydroxylation is 2. The van der Waals surface area contributed by atoms with Gasteiger partial charge >= 0.3 is 5.97 Å². The first kappa shape index (κ1) is 31.6. The molecule has 0 fully saturated rings. The lowest BCUT2D eigenvalue weighted by atomic mass is 9.85. The Labute approximate surface area is 243 Å². The molecule has 41 heavy (non-hydrogen) atoms. The summed E-state index contributed by atoms with van der Waals surface area (Å²) in [6.45, 7) is 11.3. The summed E-state index contributed by atoms with van der Waals surface area (Å²) < 4.78 is 7.79. The van der Waals surface area contributed by atoms with Gasteiger partial charge in [-0.25, -0.2) is 9.67 Å². The third-order valence-electron chi connectivity index (χ3n) is 7.13. The predicted octanol–water partition coefficient (Wildman–Crippen LogP) is 5.93. The van der Waals surface area contributed by atoms with Crippen LogP contribution in [0.15, 0.2) is 36.4 Å². The Kier molecular flexibility index (Phi) is 11.3. The molecular weight excluding hydrogens is 520 g/mol. The number of nitrogens with one attached hydrogen (secondary N) is 1. The fourth-order valence-electron chi connectivity index (χ4n) is 4.89. The number of carboxylic acids is 2. The van der Waals surface area contributed by atoms with Crippen molar-refractivity contribution in [1.29, 1.82) is 0 Å². The Morgan fingerprint density at radius 2 is 1.63 bits per heavy atom. The Morgan fingerprint density at radius 1 is 1.00 bits per heavy atom. The van der Waals surface area contributed by atoms with Crippen molar-refractivity contribution in [3.8, 4) is 5.88 Å². The standard InChI is InChI=1S/C30H40N4O3.C2H4O2/c1-19(2)22-13-23(20(3)4)15-24(14-22)25(17-29(35)36)16-27-18-28(34(5)33-27)37-12-10-26-9-8-21-7-6-11-31-30(21)32-26;1-2(3)4/h8-9,13-15,18-20,25H,6-7,10-12,16-17H2,1-5H3,(H,31,32)(H,35,36);1H3,(H,3,4). The highest BCUT2D eigenvalue weighted by Crippen LogP contribution is 2.31. The molecule has 1 unspecified atom stereocenters. The second-order valence-corrected chi connectivity index (χ2v) is 11.3. The number of ether oxygens (including phenoxy) is 1. The molecule has 1 aromatic carbocycles. The van der Waals surface area contributed by atoms with Crippen LogP contribution in [-0.4, -0.2) is 50.1 Å². The van der Waals surface area contributed by atoms with Gasteiger partial charge in [-0.15, -0.1) is 0 Å². The highest BCUT2D eigenvalue weighted by molar-refractivity contribution is 5.68. The van der Waals surface area contributed by atoms with Gasteiger partial charge in [-0.1, -0.05) is 52.0 Å². The Morgan fingerprint density at radius 3 is 2.24 bits per heavy atom. The number of pyridine rings is 1. The van der Waals surface area contributed by atoms with Crippen LogP contribution < -0.4 is 10.1 Å². The van der Waals surface area contributed by atoms with E-state index in [2.05, 4.69) is 68.4 Å². The second kappa shape index (κ2) is 14.7. The van der Waals surface area contributed by atoms with E-state index in [9.17, 15) is 9.90 Å². The molecule has 0 saturated heterocycles. The summed E-state index contributed by atoms with van der Waals surface area (Å²) in [5.41, 5.74) is 6.67. The van der Waals surface area contributed by atoms with Crippen LogP contribution in [0.5, 0.6) is 5.88 Å². The number of nitrogens with zero attached hydrogens (tertiary/aromatic N) is 3. The maximum absolute atomic E-state index is 11.8. The van der Waals surface area contributed by atoms with Gasteiger partial charge in [0.2, 0.25) is 5.88 Å². The minimum atomic E-state index is -0.833. The van der Waals surface area contributed by atoms with Crippen LogP contribution in [-0.2, 0) is 35.9 Å².